The van der Waals surface area contributed by atoms with Gasteiger partial charge < -0.3 is 15.6 Å². The van der Waals surface area contributed by atoms with Crippen molar-refractivity contribution in [3.8, 4) is 0 Å². The first-order valence-corrected chi connectivity index (χ1v) is 7.39. The van der Waals surface area contributed by atoms with Crippen LogP contribution >= 0.6 is 0 Å². The van der Waals surface area contributed by atoms with E-state index in [4.69, 9.17) is 0 Å². The molecule has 0 radical (unpaired) electrons. The molecule has 22 heavy (non-hydrogen) atoms. The third-order valence-corrected chi connectivity index (χ3v) is 3.75. The first kappa shape index (κ1) is 14.2. The lowest BCUT2D eigenvalue weighted by Gasteiger charge is -2.13. The minimum atomic E-state index is -0.183. The van der Waals surface area contributed by atoms with E-state index < -0.39 is 0 Å². The predicted octanol–water partition coefficient (Wildman–Crippen LogP) is 4.09. The van der Waals surface area contributed by atoms with Gasteiger partial charge in [0.2, 0.25) is 0 Å². The Kier molecular flexibility index (Phi) is 4.10. The van der Waals surface area contributed by atoms with Gasteiger partial charge in [-0.25, -0.2) is 4.79 Å². The molecule has 1 aromatic heterocycles. The van der Waals surface area contributed by atoms with E-state index in [0.717, 1.165) is 16.6 Å². The average Bonchev–Trinajstić information content (AvgIpc) is 3.01. The molecule has 3 rings (SSSR count). The Balaban J connectivity index is 1.56. The smallest absolute Gasteiger partial charge is 0.319 e. The molecule has 0 aliphatic heterocycles. The number of urea groups is 1. The number of aromatic amines is 1. The molecule has 1 unspecified atom stereocenters. The van der Waals surface area contributed by atoms with E-state index in [9.17, 15) is 4.79 Å². The molecular formula is C18H19N3O. The second-order valence-corrected chi connectivity index (χ2v) is 5.43. The van der Waals surface area contributed by atoms with Crippen LogP contribution in [0.25, 0.3) is 10.9 Å². The molecule has 1 atom stereocenters. The fourth-order valence-corrected chi connectivity index (χ4v) is 2.45. The Morgan fingerprint density at radius 2 is 1.95 bits per heavy atom. The van der Waals surface area contributed by atoms with Crippen LogP contribution in [0.1, 0.15) is 18.4 Å². The number of fused-ring (bicyclic) bond motifs is 1. The fraction of sp³-hybridized carbons (Fsp3) is 0.167. The van der Waals surface area contributed by atoms with Crippen molar-refractivity contribution in [3.63, 3.8) is 0 Å². The highest BCUT2D eigenvalue weighted by Gasteiger charge is 2.08. The van der Waals surface area contributed by atoms with E-state index in [1.54, 1.807) is 0 Å². The quantitative estimate of drug-likeness (QED) is 0.666. The van der Waals surface area contributed by atoms with Crippen molar-refractivity contribution in [1.82, 2.24) is 10.3 Å². The van der Waals surface area contributed by atoms with E-state index in [1.165, 1.54) is 5.56 Å². The number of aromatic nitrogens is 1. The number of carbonyl (C=O) groups excluding carboxylic acids is 1. The van der Waals surface area contributed by atoms with Crippen molar-refractivity contribution in [2.75, 3.05) is 11.9 Å². The number of anilines is 1. The Bertz CT molecular complexity index is 764. The van der Waals surface area contributed by atoms with Gasteiger partial charge in [0.1, 0.15) is 0 Å². The molecule has 4 nitrogen and oxygen atoms in total. The van der Waals surface area contributed by atoms with E-state index >= 15 is 0 Å². The Labute approximate surface area is 129 Å². The zero-order valence-electron chi connectivity index (χ0n) is 12.5. The van der Waals surface area contributed by atoms with Gasteiger partial charge in [0, 0.05) is 29.3 Å². The minimum Gasteiger partial charge on any atom is -0.361 e. The number of nitrogens with one attached hydrogen (secondary N) is 3. The van der Waals surface area contributed by atoms with Crippen molar-refractivity contribution >= 4 is 22.6 Å². The first-order valence-electron chi connectivity index (χ1n) is 7.39. The molecule has 2 aromatic carbocycles. The number of carbonyl (C=O) groups is 1. The van der Waals surface area contributed by atoms with Gasteiger partial charge in [0.15, 0.2) is 0 Å². The van der Waals surface area contributed by atoms with Crippen LogP contribution in [0.15, 0.2) is 60.8 Å². The van der Waals surface area contributed by atoms with Crippen LogP contribution in [0.2, 0.25) is 0 Å². The van der Waals surface area contributed by atoms with E-state index in [0.29, 0.717) is 6.54 Å². The number of rotatable bonds is 4. The molecule has 2 amide bonds. The van der Waals surface area contributed by atoms with Crippen molar-refractivity contribution < 1.29 is 4.79 Å². The molecule has 0 saturated heterocycles. The van der Waals surface area contributed by atoms with E-state index in [-0.39, 0.29) is 11.9 Å². The first-order chi connectivity index (χ1) is 10.7. The van der Waals surface area contributed by atoms with Gasteiger partial charge in [-0.05, 0) is 35.7 Å². The van der Waals surface area contributed by atoms with Crippen LogP contribution in [0, 0.1) is 0 Å². The summed E-state index contributed by atoms with van der Waals surface area (Å²) in [6.07, 6.45) is 1.88. The maximum Gasteiger partial charge on any atom is 0.319 e. The number of hydrogen-bond acceptors (Lipinski definition) is 1. The topological polar surface area (TPSA) is 56.9 Å². The van der Waals surface area contributed by atoms with Crippen molar-refractivity contribution in [2.45, 2.75) is 12.8 Å². The fourth-order valence-electron chi connectivity index (χ4n) is 2.45. The van der Waals surface area contributed by atoms with Crippen molar-refractivity contribution in [3.05, 3.63) is 66.4 Å². The van der Waals surface area contributed by atoms with Gasteiger partial charge in [-0.2, -0.15) is 0 Å². The maximum absolute atomic E-state index is 12.0. The highest BCUT2D eigenvalue weighted by atomic mass is 16.2. The minimum absolute atomic E-state index is 0.183. The van der Waals surface area contributed by atoms with Crippen LogP contribution in [-0.4, -0.2) is 17.6 Å². The molecule has 0 spiro atoms. The SMILES string of the molecule is CC(CNC(=O)Nc1ccc2[nH]ccc2c1)c1ccccc1. The summed E-state index contributed by atoms with van der Waals surface area (Å²) in [4.78, 5) is 15.1. The molecule has 1 heterocycles. The van der Waals surface area contributed by atoms with Crippen molar-refractivity contribution in [2.24, 2.45) is 0 Å². The summed E-state index contributed by atoms with van der Waals surface area (Å²) in [6.45, 7) is 2.70. The van der Waals surface area contributed by atoms with Gasteiger partial charge in [-0.3, -0.25) is 0 Å². The second kappa shape index (κ2) is 6.35. The zero-order valence-corrected chi connectivity index (χ0v) is 12.5. The summed E-state index contributed by atoms with van der Waals surface area (Å²) >= 11 is 0. The molecule has 0 fully saturated rings. The second-order valence-electron chi connectivity index (χ2n) is 5.43. The van der Waals surface area contributed by atoms with E-state index in [2.05, 4.69) is 34.7 Å². The summed E-state index contributed by atoms with van der Waals surface area (Å²) in [7, 11) is 0. The summed E-state index contributed by atoms with van der Waals surface area (Å²) in [5.74, 6) is 0.277. The standard InChI is InChI=1S/C18H19N3O/c1-13(14-5-3-2-4-6-14)12-20-18(22)21-16-7-8-17-15(11-16)9-10-19-17/h2-11,13,19H,12H2,1H3,(H2,20,21,22). The predicted molar refractivity (Wildman–Crippen MR) is 90.2 cm³/mol. The summed E-state index contributed by atoms with van der Waals surface area (Å²) in [6, 6.07) is 17.8. The molecule has 3 N–H and O–H groups in total. The Morgan fingerprint density at radius 3 is 2.77 bits per heavy atom. The van der Waals surface area contributed by atoms with Gasteiger partial charge in [-0.1, -0.05) is 37.3 Å². The molecule has 3 aromatic rings. The lowest BCUT2D eigenvalue weighted by molar-refractivity contribution is 0.251. The number of hydrogen-bond donors (Lipinski definition) is 3. The van der Waals surface area contributed by atoms with Crippen molar-refractivity contribution in [1.29, 1.82) is 0 Å². The highest BCUT2D eigenvalue weighted by molar-refractivity contribution is 5.92. The van der Waals surface area contributed by atoms with E-state index in [1.807, 2.05) is 48.7 Å². The summed E-state index contributed by atoms with van der Waals surface area (Å²) in [5, 5.41) is 6.86. The monoisotopic (exact) mass is 293 g/mol. The van der Waals surface area contributed by atoms with Gasteiger partial charge >= 0.3 is 6.03 Å². The van der Waals surface area contributed by atoms with Gasteiger partial charge in [0.05, 0.1) is 0 Å². The third kappa shape index (κ3) is 3.28. The maximum atomic E-state index is 12.0. The molecule has 0 bridgehead atoms. The molecule has 0 saturated carbocycles. The number of benzene rings is 2. The molecule has 0 aliphatic rings. The van der Waals surface area contributed by atoms with Gasteiger partial charge in [-0.15, -0.1) is 0 Å². The third-order valence-electron chi connectivity index (χ3n) is 3.75. The van der Waals surface area contributed by atoms with Crippen LogP contribution in [-0.2, 0) is 0 Å². The largest absolute Gasteiger partial charge is 0.361 e. The normalized spacial score (nSPS) is 12.0. The lowest BCUT2D eigenvalue weighted by atomic mass is 10.0. The van der Waals surface area contributed by atoms with Gasteiger partial charge in [0.25, 0.3) is 0 Å². The number of H-pyrrole nitrogens is 1. The lowest BCUT2D eigenvalue weighted by Crippen LogP contribution is -2.31. The molecule has 112 valence electrons. The molecular weight excluding hydrogens is 274 g/mol. The Hall–Kier alpha value is -2.75. The average molecular weight is 293 g/mol. The highest BCUT2D eigenvalue weighted by Crippen LogP contribution is 2.18. The van der Waals surface area contributed by atoms with Crippen LogP contribution in [0.3, 0.4) is 0 Å². The van der Waals surface area contributed by atoms with Crippen LogP contribution < -0.4 is 10.6 Å². The Morgan fingerprint density at radius 1 is 1.14 bits per heavy atom. The summed E-state index contributed by atoms with van der Waals surface area (Å²) < 4.78 is 0. The summed E-state index contributed by atoms with van der Waals surface area (Å²) in [5.41, 5.74) is 3.07. The number of amides is 2. The molecule has 0 aliphatic carbocycles. The van der Waals surface area contributed by atoms with Crippen LogP contribution in [0.4, 0.5) is 10.5 Å². The zero-order chi connectivity index (χ0) is 15.4. The van der Waals surface area contributed by atoms with Crippen LogP contribution in [0.5, 0.6) is 0 Å². The molecule has 4 heteroatoms.